The summed E-state index contributed by atoms with van der Waals surface area (Å²) >= 11 is 0. The van der Waals surface area contributed by atoms with Crippen molar-refractivity contribution in [1.82, 2.24) is 4.90 Å². The summed E-state index contributed by atoms with van der Waals surface area (Å²) in [7, 11) is 0. The number of carbonyl (C=O) groups is 2. The first-order chi connectivity index (χ1) is 9.66. The van der Waals surface area contributed by atoms with Crippen LogP contribution < -0.4 is 0 Å². The summed E-state index contributed by atoms with van der Waals surface area (Å²) in [5.41, 5.74) is 2.51. The van der Waals surface area contributed by atoms with E-state index in [1.54, 1.807) is 0 Å². The van der Waals surface area contributed by atoms with Crippen LogP contribution in [0.15, 0.2) is 24.3 Å². The topological polar surface area (TPSA) is 46.6 Å². The second-order valence-electron chi connectivity index (χ2n) is 5.51. The summed E-state index contributed by atoms with van der Waals surface area (Å²) in [5, 5.41) is 0. The Morgan fingerprint density at radius 3 is 2.90 bits per heavy atom. The molecule has 1 aromatic carbocycles. The molecule has 3 rings (SSSR count). The molecule has 0 bridgehead atoms. The Hall–Kier alpha value is -1.68. The van der Waals surface area contributed by atoms with Crippen molar-refractivity contribution in [3.05, 3.63) is 35.4 Å². The van der Waals surface area contributed by atoms with Crippen LogP contribution in [0.25, 0.3) is 0 Å². The van der Waals surface area contributed by atoms with E-state index < -0.39 is 6.10 Å². The van der Waals surface area contributed by atoms with E-state index in [1.807, 2.05) is 24.0 Å². The van der Waals surface area contributed by atoms with Crippen molar-refractivity contribution in [1.29, 1.82) is 0 Å². The Bertz CT molecular complexity index is 540. The standard InChI is InChI=1S/C16H19NO3/c1-11-14-5-3-2-4-12(14)6-8-17(11)16(19)15-10-13(18)7-9-20-15/h2-5,11,15H,6-10H2,1H3/t11-,15+/m0/s1. The fourth-order valence-corrected chi connectivity index (χ4v) is 3.10. The molecule has 4 heteroatoms. The fourth-order valence-electron chi connectivity index (χ4n) is 3.10. The van der Waals surface area contributed by atoms with Crippen LogP contribution in [-0.2, 0) is 20.7 Å². The number of hydrogen-bond acceptors (Lipinski definition) is 3. The minimum absolute atomic E-state index is 0.0416. The van der Waals surface area contributed by atoms with Crippen LogP contribution in [0, 0.1) is 0 Å². The molecule has 2 aliphatic heterocycles. The quantitative estimate of drug-likeness (QED) is 0.785. The third kappa shape index (κ3) is 2.36. The number of benzene rings is 1. The maximum atomic E-state index is 12.6. The van der Waals surface area contributed by atoms with Crippen molar-refractivity contribution in [2.75, 3.05) is 13.2 Å². The first kappa shape index (κ1) is 13.3. The molecule has 0 aromatic heterocycles. The predicted molar refractivity (Wildman–Crippen MR) is 74.3 cm³/mol. The van der Waals surface area contributed by atoms with E-state index >= 15 is 0 Å². The molecule has 0 spiro atoms. The van der Waals surface area contributed by atoms with Crippen molar-refractivity contribution >= 4 is 11.7 Å². The van der Waals surface area contributed by atoms with Gasteiger partial charge in [0, 0.05) is 19.4 Å². The van der Waals surface area contributed by atoms with Gasteiger partial charge >= 0.3 is 0 Å². The number of fused-ring (bicyclic) bond motifs is 1. The van der Waals surface area contributed by atoms with Gasteiger partial charge < -0.3 is 9.64 Å². The van der Waals surface area contributed by atoms with Gasteiger partial charge in [-0.05, 0) is 24.5 Å². The molecule has 0 N–H and O–H groups in total. The van der Waals surface area contributed by atoms with Crippen LogP contribution in [-0.4, -0.2) is 35.8 Å². The molecule has 2 atom stereocenters. The number of Topliss-reactive ketones (excluding diaryl/α,β-unsaturated/α-hetero) is 1. The van der Waals surface area contributed by atoms with Crippen LogP contribution in [0.2, 0.25) is 0 Å². The number of amides is 1. The van der Waals surface area contributed by atoms with Crippen LogP contribution >= 0.6 is 0 Å². The number of ketones is 1. The van der Waals surface area contributed by atoms with E-state index in [1.165, 1.54) is 11.1 Å². The molecule has 0 aliphatic carbocycles. The largest absolute Gasteiger partial charge is 0.367 e. The first-order valence-electron chi connectivity index (χ1n) is 7.18. The zero-order chi connectivity index (χ0) is 14.1. The van der Waals surface area contributed by atoms with Gasteiger partial charge in [-0.3, -0.25) is 9.59 Å². The van der Waals surface area contributed by atoms with E-state index in [9.17, 15) is 9.59 Å². The molecule has 4 nitrogen and oxygen atoms in total. The SMILES string of the molecule is C[C@H]1c2ccccc2CCN1C(=O)[C@H]1CC(=O)CCO1. The third-order valence-corrected chi connectivity index (χ3v) is 4.27. The maximum Gasteiger partial charge on any atom is 0.252 e. The van der Waals surface area contributed by atoms with Gasteiger partial charge in [-0.2, -0.15) is 0 Å². The summed E-state index contributed by atoms with van der Waals surface area (Å²) in [6.45, 7) is 3.11. The van der Waals surface area contributed by atoms with E-state index in [0.717, 1.165) is 6.42 Å². The minimum atomic E-state index is -0.580. The molecular weight excluding hydrogens is 254 g/mol. The molecule has 20 heavy (non-hydrogen) atoms. The van der Waals surface area contributed by atoms with Gasteiger partial charge in [0.25, 0.3) is 5.91 Å². The first-order valence-corrected chi connectivity index (χ1v) is 7.18. The summed E-state index contributed by atoms with van der Waals surface area (Å²) in [6, 6.07) is 8.28. The highest BCUT2D eigenvalue weighted by Crippen LogP contribution is 2.30. The molecule has 106 valence electrons. The second-order valence-corrected chi connectivity index (χ2v) is 5.51. The van der Waals surface area contributed by atoms with Crippen LogP contribution in [0.4, 0.5) is 0 Å². The fraction of sp³-hybridized carbons (Fsp3) is 0.500. The molecular formula is C16H19NO3. The Labute approximate surface area is 118 Å². The van der Waals surface area contributed by atoms with Crippen molar-refractivity contribution in [3.63, 3.8) is 0 Å². The lowest BCUT2D eigenvalue weighted by Crippen LogP contribution is -2.47. The van der Waals surface area contributed by atoms with E-state index in [2.05, 4.69) is 12.1 Å². The van der Waals surface area contributed by atoms with Gasteiger partial charge in [0.15, 0.2) is 0 Å². The number of rotatable bonds is 1. The zero-order valence-electron chi connectivity index (χ0n) is 11.7. The minimum Gasteiger partial charge on any atom is -0.367 e. The summed E-state index contributed by atoms with van der Waals surface area (Å²) < 4.78 is 5.49. The zero-order valence-corrected chi connectivity index (χ0v) is 11.7. The molecule has 0 radical (unpaired) electrons. The Kier molecular flexibility index (Phi) is 3.57. The number of nitrogens with zero attached hydrogens (tertiary/aromatic N) is 1. The Morgan fingerprint density at radius 1 is 1.30 bits per heavy atom. The summed E-state index contributed by atoms with van der Waals surface area (Å²) in [6.07, 6.45) is 0.947. The predicted octanol–water partition coefficient (Wildman–Crippen LogP) is 1.88. The molecule has 0 unspecified atom stereocenters. The average Bonchev–Trinajstić information content (AvgIpc) is 2.47. The lowest BCUT2D eigenvalue weighted by molar-refractivity contribution is -0.153. The normalized spacial score (nSPS) is 26.2. The highest BCUT2D eigenvalue weighted by molar-refractivity contribution is 5.89. The monoisotopic (exact) mass is 273 g/mol. The van der Waals surface area contributed by atoms with Crippen molar-refractivity contribution in [3.8, 4) is 0 Å². The number of carbonyl (C=O) groups excluding carboxylic acids is 2. The molecule has 1 fully saturated rings. The number of hydrogen-bond donors (Lipinski definition) is 0. The molecule has 0 saturated carbocycles. The molecule has 2 aliphatic rings. The van der Waals surface area contributed by atoms with Crippen LogP contribution in [0.3, 0.4) is 0 Å². The molecule has 1 amide bonds. The molecule has 2 heterocycles. The molecule has 1 aromatic rings. The number of ether oxygens (including phenoxy) is 1. The van der Waals surface area contributed by atoms with E-state index in [4.69, 9.17) is 4.74 Å². The van der Waals surface area contributed by atoms with Crippen LogP contribution in [0.5, 0.6) is 0 Å². The second kappa shape index (κ2) is 5.37. The highest BCUT2D eigenvalue weighted by Gasteiger charge is 2.34. The van der Waals surface area contributed by atoms with E-state index in [0.29, 0.717) is 19.6 Å². The van der Waals surface area contributed by atoms with Gasteiger partial charge in [0.1, 0.15) is 11.9 Å². The third-order valence-electron chi connectivity index (χ3n) is 4.27. The van der Waals surface area contributed by atoms with E-state index in [-0.39, 0.29) is 24.2 Å². The lowest BCUT2D eigenvalue weighted by atomic mass is 9.93. The highest BCUT2D eigenvalue weighted by atomic mass is 16.5. The lowest BCUT2D eigenvalue weighted by Gasteiger charge is -2.37. The smallest absolute Gasteiger partial charge is 0.252 e. The van der Waals surface area contributed by atoms with Crippen molar-refractivity contribution < 1.29 is 14.3 Å². The molecule has 1 saturated heterocycles. The van der Waals surface area contributed by atoms with Gasteiger partial charge in [-0.1, -0.05) is 24.3 Å². The van der Waals surface area contributed by atoms with Crippen LogP contribution in [0.1, 0.15) is 36.9 Å². The van der Waals surface area contributed by atoms with Gasteiger partial charge in [-0.25, -0.2) is 0 Å². The van der Waals surface area contributed by atoms with Gasteiger partial charge in [0.2, 0.25) is 0 Å². The Morgan fingerprint density at radius 2 is 2.10 bits per heavy atom. The summed E-state index contributed by atoms with van der Waals surface area (Å²) in [4.78, 5) is 25.9. The average molecular weight is 273 g/mol. The maximum absolute atomic E-state index is 12.6. The van der Waals surface area contributed by atoms with Gasteiger partial charge in [0.05, 0.1) is 12.6 Å². The van der Waals surface area contributed by atoms with Crippen molar-refractivity contribution in [2.45, 2.75) is 38.3 Å². The summed E-state index contributed by atoms with van der Waals surface area (Å²) in [5.74, 6) is 0.0831. The van der Waals surface area contributed by atoms with Gasteiger partial charge in [-0.15, -0.1) is 0 Å². The Balaban J connectivity index is 1.78. The van der Waals surface area contributed by atoms with Crippen molar-refractivity contribution in [2.24, 2.45) is 0 Å².